The van der Waals surface area contributed by atoms with E-state index in [0.717, 1.165) is 56.2 Å². The number of hydrogen-bond donors (Lipinski definition) is 0. The minimum absolute atomic E-state index is 0.149. The Kier molecular flexibility index (Phi) is 5.74. The van der Waals surface area contributed by atoms with Crippen LogP contribution in [0.2, 0.25) is 5.02 Å². The van der Waals surface area contributed by atoms with Gasteiger partial charge in [-0.15, -0.1) is 6.58 Å². The van der Waals surface area contributed by atoms with Gasteiger partial charge in [-0.1, -0.05) is 17.7 Å². The van der Waals surface area contributed by atoms with Crippen LogP contribution in [0.1, 0.15) is 55.6 Å². The first-order valence-electron chi connectivity index (χ1n) is 10.2. The molecule has 1 fully saturated rings. The second-order valence-electron chi connectivity index (χ2n) is 8.32. The van der Waals surface area contributed by atoms with Crippen molar-refractivity contribution >= 4 is 11.6 Å². The van der Waals surface area contributed by atoms with Crippen LogP contribution in [0.3, 0.4) is 0 Å². The van der Waals surface area contributed by atoms with E-state index >= 15 is 4.39 Å². The van der Waals surface area contributed by atoms with Crippen LogP contribution in [0.15, 0.2) is 30.9 Å². The molecule has 3 atom stereocenters. The summed E-state index contributed by atoms with van der Waals surface area (Å²) in [7, 11) is 0. The average Bonchev–Trinajstić information content (AvgIpc) is 2.70. The Morgan fingerprint density at radius 2 is 1.72 bits per heavy atom. The molecule has 0 N–H and O–H groups in total. The van der Waals surface area contributed by atoms with Gasteiger partial charge in [-0.3, -0.25) is 0 Å². The molecule has 4 rings (SSSR count). The summed E-state index contributed by atoms with van der Waals surface area (Å²) < 4.78 is 58.0. The minimum atomic E-state index is -1.03. The highest BCUT2D eigenvalue weighted by Gasteiger charge is 2.37. The van der Waals surface area contributed by atoms with Crippen molar-refractivity contribution in [1.82, 2.24) is 0 Å². The zero-order valence-corrected chi connectivity index (χ0v) is 16.8. The maximum absolute atomic E-state index is 15.3. The molecule has 0 radical (unpaired) electrons. The van der Waals surface area contributed by atoms with Crippen LogP contribution in [0.25, 0.3) is 11.1 Å². The molecular formula is C24H23ClF4. The molecule has 0 aliphatic heterocycles. The van der Waals surface area contributed by atoms with Crippen LogP contribution in [-0.4, -0.2) is 0 Å². The quantitative estimate of drug-likeness (QED) is 0.266. The van der Waals surface area contributed by atoms with Crippen LogP contribution in [0, 0.1) is 35.1 Å². The van der Waals surface area contributed by atoms with E-state index in [1.807, 2.05) is 6.08 Å². The van der Waals surface area contributed by atoms with Gasteiger partial charge in [-0.2, -0.15) is 0 Å². The third-order valence-corrected chi connectivity index (χ3v) is 7.02. The number of allylic oxidation sites excluding steroid dienone is 1. The molecule has 1 saturated carbocycles. The third kappa shape index (κ3) is 3.72. The Balaban J connectivity index is 1.69. The molecule has 154 valence electrons. The topological polar surface area (TPSA) is 0 Å². The number of halogens is 5. The fraction of sp³-hybridized carbons (Fsp3) is 0.417. The number of rotatable bonds is 4. The number of benzene rings is 2. The Labute approximate surface area is 173 Å². The van der Waals surface area contributed by atoms with Crippen molar-refractivity contribution in [2.24, 2.45) is 11.8 Å². The average molecular weight is 423 g/mol. The van der Waals surface area contributed by atoms with Gasteiger partial charge in [0, 0.05) is 0 Å². The molecule has 0 spiro atoms. The highest BCUT2D eigenvalue weighted by Crippen LogP contribution is 2.49. The highest BCUT2D eigenvalue weighted by molar-refractivity contribution is 6.31. The summed E-state index contributed by atoms with van der Waals surface area (Å²) in [5, 5.41) is -0.677. The van der Waals surface area contributed by atoms with E-state index in [-0.39, 0.29) is 17.0 Å². The Hall–Kier alpha value is -1.81. The van der Waals surface area contributed by atoms with Gasteiger partial charge in [-0.05, 0) is 97.6 Å². The van der Waals surface area contributed by atoms with E-state index in [0.29, 0.717) is 23.8 Å². The Morgan fingerprint density at radius 3 is 2.41 bits per heavy atom. The molecule has 2 aliphatic rings. The first-order valence-corrected chi connectivity index (χ1v) is 10.5. The summed E-state index contributed by atoms with van der Waals surface area (Å²) in [6.07, 6.45) is 8.48. The van der Waals surface area contributed by atoms with E-state index in [1.54, 1.807) is 0 Å². The van der Waals surface area contributed by atoms with Gasteiger partial charge in [0.2, 0.25) is 0 Å². The van der Waals surface area contributed by atoms with Crippen molar-refractivity contribution in [3.63, 3.8) is 0 Å². The fourth-order valence-electron chi connectivity index (χ4n) is 5.26. The SMILES string of the molecule is C=CCC[C@@H]1CC[C@@H]2c3cc(F)c(-c4cc(F)c(Cl)c(F)c4)c(F)c3CC[C@@H]2C1. The summed E-state index contributed by atoms with van der Waals surface area (Å²) in [6, 6.07) is 3.16. The summed E-state index contributed by atoms with van der Waals surface area (Å²) >= 11 is 5.51. The zero-order chi connectivity index (χ0) is 20.7. The maximum Gasteiger partial charge on any atom is 0.145 e. The van der Waals surface area contributed by atoms with Gasteiger partial charge in [0.25, 0.3) is 0 Å². The lowest BCUT2D eigenvalue weighted by Gasteiger charge is -2.41. The van der Waals surface area contributed by atoms with Crippen LogP contribution < -0.4 is 0 Å². The lowest BCUT2D eigenvalue weighted by molar-refractivity contribution is 0.201. The van der Waals surface area contributed by atoms with Gasteiger partial charge in [-0.25, -0.2) is 17.6 Å². The molecule has 0 amide bonds. The molecule has 0 saturated heterocycles. The second kappa shape index (κ2) is 8.14. The van der Waals surface area contributed by atoms with Crippen molar-refractivity contribution in [3.8, 4) is 11.1 Å². The van der Waals surface area contributed by atoms with Crippen molar-refractivity contribution < 1.29 is 17.6 Å². The molecule has 5 heteroatoms. The van der Waals surface area contributed by atoms with Crippen LogP contribution in [0.5, 0.6) is 0 Å². The van der Waals surface area contributed by atoms with E-state index < -0.39 is 28.3 Å². The predicted octanol–water partition coefficient (Wildman–Crippen LogP) is 7.98. The Bertz CT molecular complexity index is 929. The molecule has 0 bridgehead atoms. The summed E-state index contributed by atoms with van der Waals surface area (Å²) in [6.45, 7) is 3.79. The highest BCUT2D eigenvalue weighted by atomic mass is 35.5. The number of hydrogen-bond acceptors (Lipinski definition) is 0. The lowest BCUT2D eigenvalue weighted by atomic mass is 9.64. The van der Waals surface area contributed by atoms with E-state index in [9.17, 15) is 13.2 Å². The molecule has 0 nitrogen and oxygen atoms in total. The van der Waals surface area contributed by atoms with E-state index in [4.69, 9.17) is 11.6 Å². The first kappa shape index (κ1) is 20.5. The van der Waals surface area contributed by atoms with Crippen LogP contribution >= 0.6 is 11.6 Å². The summed E-state index contributed by atoms with van der Waals surface area (Å²) in [4.78, 5) is 0. The first-order chi connectivity index (χ1) is 13.9. The normalized spacial score (nSPS) is 23.4. The monoisotopic (exact) mass is 422 g/mol. The standard InChI is InChI=1S/C24H23ClF4/c1-2-3-4-13-5-7-16-14(9-13)6-8-17-18(16)12-19(26)22(24(17)29)15-10-20(27)23(25)21(28)11-15/h2,10-14,16H,1,3-9H2/t13-,14-,16+/m1/s1. The summed E-state index contributed by atoms with van der Waals surface area (Å²) in [5.74, 6) is -2.32. The van der Waals surface area contributed by atoms with Crippen molar-refractivity contribution in [1.29, 1.82) is 0 Å². The third-order valence-electron chi connectivity index (χ3n) is 6.66. The van der Waals surface area contributed by atoms with Gasteiger partial charge in [0.05, 0.1) is 5.56 Å². The van der Waals surface area contributed by atoms with Crippen molar-refractivity contribution in [2.45, 2.75) is 50.9 Å². The zero-order valence-electron chi connectivity index (χ0n) is 16.1. The molecule has 0 heterocycles. The maximum atomic E-state index is 15.3. The van der Waals surface area contributed by atoms with Gasteiger partial charge >= 0.3 is 0 Å². The van der Waals surface area contributed by atoms with E-state index in [2.05, 4.69) is 6.58 Å². The van der Waals surface area contributed by atoms with Crippen molar-refractivity contribution in [2.75, 3.05) is 0 Å². The fourth-order valence-corrected chi connectivity index (χ4v) is 5.37. The van der Waals surface area contributed by atoms with Crippen LogP contribution in [-0.2, 0) is 6.42 Å². The Morgan fingerprint density at radius 1 is 1.00 bits per heavy atom. The molecular weight excluding hydrogens is 400 g/mol. The van der Waals surface area contributed by atoms with Gasteiger partial charge < -0.3 is 0 Å². The minimum Gasteiger partial charge on any atom is -0.206 e. The molecule has 2 aromatic carbocycles. The number of fused-ring (bicyclic) bond motifs is 3. The molecule has 2 aromatic rings. The predicted molar refractivity (Wildman–Crippen MR) is 108 cm³/mol. The largest absolute Gasteiger partial charge is 0.206 e. The molecule has 0 unspecified atom stereocenters. The van der Waals surface area contributed by atoms with Crippen LogP contribution in [0.4, 0.5) is 17.6 Å². The van der Waals surface area contributed by atoms with Crippen molar-refractivity contribution in [3.05, 3.63) is 70.3 Å². The molecule has 0 aromatic heterocycles. The second-order valence-corrected chi connectivity index (χ2v) is 8.70. The molecule has 29 heavy (non-hydrogen) atoms. The summed E-state index contributed by atoms with van der Waals surface area (Å²) in [5.41, 5.74) is 0.675. The van der Waals surface area contributed by atoms with E-state index in [1.165, 1.54) is 6.07 Å². The lowest BCUT2D eigenvalue weighted by Crippen LogP contribution is -2.29. The molecule has 2 aliphatic carbocycles. The van der Waals surface area contributed by atoms with Gasteiger partial charge in [0.15, 0.2) is 0 Å². The van der Waals surface area contributed by atoms with Gasteiger partial charge in [0.1, 0.15) is 28.3 Å². The smallest absolute Gasteiger partial charge is 0.145 e.